The smallest absolute Gasteiger partial charge is 0.406 e. The van der Waals surface area contributed by atoms with Crippen LogP contribution in [0.1, 0.15) is 6.92 Å². The summed E-state index contributed by atoms with van der Waals surface area (Å²) in [6, 6.07) is 1.73. The number of fused-ring (bicyclic) bond motifs is 1. The van der Waals surface area contributed by atoms with Crippen molar-refractivity contribution >= 4 is 34.5 Å². The van der Waals surface area contributed by atoms with Crippen molar-refractivity contribution < 1.29 is 27.1 Å². The molecule has 4 rings (SSSR count). The Morgan fingerprint density at radius 2 is 2.03 bits per heavy atom. The van der Waals surface area contributed by atoms with Crippen molar-refractivity contribution in [2.24, 2.45) is 7.05 Å². The fraction of sp³-hybridized carbons (Fsp3) is 0.368. The number of anilines is 3. The van der Waals surface area contributed by atoms with Crippen molar-refractivity contribution in [2.75, 3.05) is 35.6 Å². The van der Waals surface area contributed by atoms with E-state index in [0.29, 0.717) is 30.6 Å². The van der Waals surface area contributed by atoms with E-state index in [-0.39, 0.29) is 24.2 Å². The predicted octanol–water partition coefficient (Wildman–Crippen LogP) is 2.73. The topological polar surface area (TPSA) is 114 Å². The molecule has 1 saturated heterocycles. The van der Waals surface area contributed by atoms with E-state index < -0.39 is 24.0 Å². The van der Waals surface area contributed by atoms with E-state index in [1.165, 1.54) is 4.90 Å². The number of carbonyl (C=O) groups is 1. The van der Waals surface area contributed by atoms with Crippen LogP contribution >= 0.6 is 0 Å². The Morgan fingerprint density at radius 1 is 1.27 bits per heavy atom. The third kappa shape index (κ3) is 4.68. The number of hydrogen-bond acceptors (Lipinski definition) is 7. The normalized spacial score (nSPS) is 16.8. The molecule has 3 N–H and O–H groups in total. The molecule has 0 aliphatic carbocycles. The average molecular weight is 468 g/mol. The summed E-state index contributed by atoms with van der Waals surface area (Å²) < 4.78 is 56.3. The molecule has 10 nitrogen and oxygen atoms in total. The molecule has 1 atom stereocenters. The highest BCUT2D eigenvalue weighted by Crippen LogP contribution is 2.29. The minimum Gasteiger partial charge on any atom is -0.406 e. The number of alkyl halides is 3. The number of benzene rings is 1. The number of halogens is 4. The number of nitrogens with zero attached hydrogens (tertiary/aromatic N) is 6. The van der Waals surface area contributed by atoms with Crippen LogP contribution in [0, 0.1) is 5.82 Å². The number of amides is 2. The fourth-order valence-electron chi connectivity index (χ4n) is 3.69. The summed E-state index contributed by atoms with van der Waals surface area (Å²) in [6.07, 6.45) is -3.30. The van der Waals surface area contributed by atoms with Gasteiger partial charge in [0.1, 0.15) is 17.4 Å². The minimum atomic E-state index is -4.94. The van der Waals surface area contributed by atoms with Gasteiger partial charge < -0.3 is 25.6 Å². The van der Waals surface area contributed by atoms with Crippen LogP contribution in [0.4, 0.5) is 39.8 Å². The van der Waals surface area contributed by atoms with Gasteiger partial charge in [-0.1, -0.05) is 0 Å². The lowest BCUT2D eigenvalue weighted by Gasteiger charge is -2.40. The lowest BCUT2D eigenvalue weighted by atomic mass is 10.2. The Bertz CT molecular complexity index is 1200. The lowest BCUT2D eigenvalue weighted by Crippen LogP contribution is -2.55. The van der Waals surface area contributed by atoms with Crippen molar-refractivity contribution in [3.8, 4) is 5.75 Å². The summed E-state index contributed by atoms with van der Waals surface area (Å²) in [7, 11) is 1.74. The molecule has 0 spiro atoms. The van der Waals surface area contributed by atoms with Crippen LogP contribution in [0.5, 0.6) is 5.75 Å². The van der Waals surface area contributed by atoms with Crippen LogP contribution in [0.25, 0.3) is 11.0 Å². The largest absolute Gasteiger partial charge is 0.573 e. The molecule has 0 radical (unpaired) electrons. The molecule has 1 aliphatic rings. The van der Waals surface area contributed by atoms with Crippen molar-refractivity contribution in [2.45, 2.75) is 19.3 Å². The molecule has 3 aromatic rings. The quantitative estimate of drug-likeness (QED) is 0.568. The van der Waals surface area contributed by atoms with Crippen LogP contribution in [0.3, 0.4) is 0 Å². The van der Waals surface area contributed by atoms with Gasteiger partial charge in [0.2, 0.25) is 5.95 Å². The van der Waals surface area contributed by atoms with Crippen LogP contribution in [-0.4, -0.2) is 62.7 Å². The summed E-state index contributed by atoms with van der Waals surface area (Å²) in [5.74, 6) is -1.07. The second kappa shape index (κ2) is 8.26. The van der Waals surface area contributed by atoms with Crippen LogP contribution < -0.4 is 20.7 Å². The Morgan fingerprint density at radius 3 is 2.70 bits per heavy atom. The predicted molar refractivity (Wildman–Crippen MR) is 111 cm³/mol. The van der Waals surface area contributed by atoms with Crippen LogP contribution in [0.15, 0.2) is 24.4 Å². The fourth-order valence-corrected chi connectivity index (χ4v) is 3.69. The van der Waals surface area contributed by atoms with E-state index in [9.17, 15) is 22.4 Å². The maximum Gasteiger partial charge on any atom is 0.573 e. The van der Waals surface area contributed by atoms with Gasteiger partial charge in [-0.05, 0) is 19.1 Å². The molecule has 0 unspecified atom stereocenters. The third-order valence-corrected chi connectivity index (χ3v) is 5.19. The lowest BCUT2D eigenvalue weighted by molar-refractivity contribution is -0.274. The van der Waals surface area contributed by atoms with Gasteiger partial charge in [-0.15, -0.1) is 13.2 Å². The van der Waals surface area contributed by atoms with Gasteiger partial charge in [0.05, 0.1) is 17.3 Å². The van der Waals surface area contributed by atoms with Gasteiger partial charge in [0, 0.05) is 38.8 Å². The molecule has 176 valence electrons. The minimum absolute atomic E-state index is 0.0990. The van der Waals surface area contributed by atoms with Gasteiger partial charge in [-0.25, -0.2) is 9.18 Å². The summed E-state index contributed by atoms with van der Waals surface area (Å²) in [4.78, 5) is 24.7. The molecule has 2 amide bonds. The second-order valence-corrected chi connectivity index (χ2v) is 7.52. The van der Waals surface area contributed by atoms with Crippen molar-refractivity contribution in [1.29, 1.82) is 0 Å². The van der Waals surface area contributed by atoms with Crippen molar-refractivity contribution in [1.82, 2.24) is 24.6 Å². The van der Waals surface area contributed by atoms with Gasteiger partial charge in [0.25, 0.3) is 0 Å². The Hall–Kier alpha value is -3.84. The second-order valence-electron chi connectivity index (χ2n) is 7.52. The number of nitrogens with two attached hydrogens (primary N) is 1. The molecule has 1 aromatic carbocycles. The molecule has 14 heteroatoms. The van der Waals surface area contributed by atoms with E-state index in [1.807, 2.05) is 11.8 Å². The molecular weight excluding hydrogens is 448 g/mol. The highest BCUT2D eigenvalue weighted by atomic mass is 19.4. The van der Waals surface area contributed by atoms with E-state index in [2.05, 4.69) is 25.1 Å². The molecule has 1 fully saturated rings. The Balaban J connectivity index is 1.45. The zero-order valence-electron chi connectivity index (χ0n) is 17.6. The zero-order chi connectivity index (χ0) is 23.9. The third-order valence-electron chi connectivity index (χ3n) is 5.19. The molecule has 0 bridgehead atoms. The summed E-state index contributed by atoms with van der Waals surface area (Å²) in [5.41, 5.74) is 6.18. The van der Waals surface area contributed by atoms with E-state index >= 15 is 0 Å². The zero-order valence-corrected chi connectivity index (χ0v) is 17.6. The molecular formula is C19H20F4N8O2. The molecule has 3 heterocycles. The highest BCUT2D eigenvalue weighted by Gasteiger charge is 2.32. The Labute approximate surface area is 184 Å². The number of aryl methyl sites for hydroxylation is 1. The first kappa shape index (κ1) is 22.4. The number of hydrogen-bond donors (Lipinski definition) is 2. The summed E-state index contributed by atoms with van der Waals surface area (Å²) in [5, 5.41) is 7.30. The van der Waals surface area contributed by atoms with Crippen molar-refractivity contribution in [3.63, 3.8) is 0 Å². The van der Waals surface area contributed by atoms with Gasteiger partial charge in [-0.3, -0.25) is 4.68 Å². The number of urea groups is 1. The average Bonchev–Trinajstić information content (AvgIpc) is 3.09. The first-order valence-corrected chi connectivity index (χ1v) is 9.85. The molecule has 2 aromatic heterocycles. The summed E-state index contributed by atoms with van der Waals surface area (Å²) in [6.45, 7) is 2.88. The summed E-state index contributed by atoms with van der Waals surface area (Å²) >= 11 is 0. The van der Waals surface area contributed by atoms with Crippen LogP contribution in [-0.2, 0) is 7.05 Å². The van der Waals surface area contributed by atoms with Gasteiger partial charge in [0.15, 0.2) is 5.65 Å². The number of nitrogens with one attached hydrogen (secondary N) is 1. The van der Waals surface area contributed by atoms with Crippen molar-refractivity contribution in [3.05, 3.63) is 30.2 Å². The number of ether oxygens (including phenoxy) is 1. The molecule has 0 saturated carbocycles. The highest BCUT2D eigenvalue weighted by molar-refractivity contribution is 5.90. The molecule has 33 heavy (non-hydrogen) atoms. The maximum absolute atomic E-state index is 14.2. The number of piperazine rings is 1. The standard InChI is InChI=1S/C19H20F4N8O2/c1-10-9-30(18(32)26-14-4-3-11(7-13(14)20)33-19(21,22)23)5-6-31(10)16-12-8-25-29(2)15(12)27-17(24)28-16/h3-4,7-8,10H,5-6,9H2,1-2H3,(H,26,32)(H2,24,27,28)/t10-/m0/s1. The van der Waals surface area contributed by atoms with Gasteiger partial charge in [-0.2, -0.15) is 15.1 Å². The van der Waals surface area contributed by atoms with E-state index in [4.69, 9.17) is 5.73 Å². The number of rotatable bonds is 3. The SMILES string of the molecule is C[C@H]1CN(C(=O)Nc2ccc(OC(F)(F)F)cc2F)CCN1c1nc(N)nc2c1cnn2C. The van der Waals surface area contributed by atoms with Gasteiger partial charge >= 0.3 is 12.4 Å². The Kier molecular flexibility index (Phi) is 5.59. The first-order chi connectivity index (χ1) is 15.5. The number of nitrogen functional groups attached to an aromatic ring is 1. The molecule has 1 aliphatic heterocycles. The van der Waals surface area contributed by atoms with E-state index in [0.717, 1.165) is 17.5 Å². The maximum atomic E-state index is 14.2. The van der Waals surface area contributed by atoms with E-state index in [1.54, 1.807) is 17.9 Å². The monoisotopic (exact) mass is 468 g/mol. The van der Waals surface area contributed by atoms with Crippen LogP contribution in [0.2, 0.25) is 0 Å². The number of carbonyl (C=O) groups excluding carboxylic acids is 1. The first-order valence-electron chi connectivity index (χ1n) is 9.85. The number of aromatic nitrogens is 4.